The van der Waals surface area contributed by atoms with E-state index in [0.29, 0.717) is 0 Å². The Bertz CT molecular complexity index is 4010. The number of rotatable bonds is 6. The third kappa shape index (κ3) is 6.30. The van der Waals surface area contributed by atoms with E-state index in [-0.39, 0.29) is 17.8 Å². The molecule has 11 aromatic rings. The molecule has 0 aliphatic heterocycles. The van der Waals surface area contributed by atoms with Crippen molar-refractivity contribution in [2.24, 2.45) is 0 Å². The second-order valence-corrected chi connectivity index (χ2v) is 20.7. The summed E-state index contributed by atoms with van der Waals surface area (Å²) in [5.74, 6) is 0.546. The third-order valence-corrected chi connectivity index (χ3v) is 17.1. The first-order valence-electron chi connectivity index (χ1n) is 26.0. The van der Waals surface area contributed by atoms with Crippen LogP contribution in [0.25, 0.3) is 82.9 Å². The summed E-state index contributed by atoms with van der Waals surface area (Å²) in [4.78, 5) is 0. The summed E-state index contributed by atoms with van der Waals surface area (Å²) in [5.41, 5.74) is 27.3. The van der Waals surface area contributed by atoms with Crippen LogP contribution in [-0.4, -0.2) is 0 Å². The van der Waals surface area contributed by atoms with Gasteiger partial charge in [-0.1, -0.05) is 212 Å². The van der Waals surface area contributed by atoms with E-state index in [9.17, 15) is 0 Å². The molecule has 0 bridgehead atoms. The Balaban J connectivity index is 1.18. The largest absolute Gasteiger partial charge is 0.0720 e. The average Bonchev–Trinajstić information content (AvgIpc) is 4.17. The molecule has 0 saturated heterocycles. The van der Waals surface area contributed by atoms with E-state index in [2.05, 4.69) is 224 Å². The normalized spacial score (nSPS) is 17.3. The lowest BCUT2D eigenvalue weighted by molar-refractivity contribution is 0.602. The van der Waals surface area contributed by atoms with E-state index >= 15 is 0 Å². The zero-order valence-electron chi connectivity index (χ0n) is 39.8. The number of fused-ring (bicyclic) bond motifs is 9. The van der Waals surface area contributed by atoms with E-state index in [1.807, 2.05) is 0 Å². The number of aryl methyl sites for hydroxylation is 2. The highest BCUT2D eigenvalue weighted by molar-refractivity contribution is 6.11. The molecule has 11 aromatic carbocycles. The van der Waals surface area contributed by atoms with Gasteiger partial charge in [0, 0.05) is 17.8 Å². The van der Waals surface area contributed by atoms with Gasteiger partial charge in [-0.25, -0.2) is 0 Å². The van der Waals surface area contributed by atoms with Crippen molar-refractivity contribution in [3.8, 4) is 44.5 Å². The van der Waals surface area contributed by atoms with Crippen molar-refractivity contribution in [1.82, 2.24) is 0 Å². The molecule has 336 valence electrons. The molecular formula is C71H52. The fraction of sp³-hybridized carbons (Fsp3) is 0.127. The van der Waals surface area contributed by atoms with Gasteiger partial charge in [-0.2, -0.15) is 0 Å². The first kappa shape index (κ1) is 40.8. The molecule has 3 atom stereocenters. The van der Waals surface area contributed by atoms with Gasteiger partial charge in [0.15, 0.2) is 0 Å². The molecule has 0 N–H and O–H groups in total. The first-order chi connectivity index (χ1) is 35.2. The van der Waals surface area contributed by atoms with Crippen molar-refractivity contribution in [3.63, 3.8) is 0 Å². The molecule has 0 radical (unpaired) electrons. The van der Waals surface area contributed by atoms with Crippen molar-refractivity contribution in [1.29, 1.82) is 0 Å². The van der Waals surface area contributed by atoms with Crippen LogP contribution in [0, 0.1) is 0 Å². The van der Waals surface area contributed by atoms with Gasteiger partial charge in [0.25, 0.3) is 0 Å². The summed E-state index contributed by atoms with van der Waals surface area (Å²) in [6.07, 6.45) is 11.5. The molecule has 0 aromatic heterocycles. The van der Waals surface area contributed by atoms with Crippen LogP contribution in [0.4, 0.5) is 0 Å². The maximum absolute atomic E-state index is 2.57. The minimum Gasteiger partial charge on any atom is -0.0720 e. The molecule has 0 amide bonds. The summed E-state index contributed by atoms with van der Waals surface area (Å²) in [5, 5.41) is 7.78. The molecule has 15 rings (SSSR count). The Kier molecular flexibility index (Phi) is 9.34. The lowest BCUT2D eigenvalue weighted by atomic mass is 9.66. The summed E-state index contributed by atoms with van der Waals surface area (Å²) >= 11 is 0. The van der Waals surface area contributed by atoms with E-state index in [1.165, 1.54) is 133 Å². The van der Waals surface area contributed by atoms with Crippen molar-refractivity contribution in [3.05, 3.63) is 280 Å². The van der Waals surface area contributed by atoms with Crippen LogP contribution in [0.2, 0.25) is 0 Å². The van der Waals surface area contributed by atoms with E-state index < -0.39 is 0 Å². The molecule has 3 unspecified atom stereocenters. The number of benzene rings is 11. The molecule has 0 spiro atoms. The van der Waals surface area contributed by atoms with Crippen LogP contribution in [0.1, 0.15) is 98.2 Å². The Morgan fingerprint density at radius 2 is 0.986 bits per heavy atom. The zero-order valence-corrected chi connectivity index (χ0v) is 39.8. The number of hydrogen-bond acceptors (Lipinski definition) is 0. The smallest absolute Gasteiger partial charge is 0.0288 e. The molecule has 0 nitrogen and oxygen atoms in total. The summed E-state index contributed by atoms with van der Waals surface area (Å²) in [6.45, 7) is 0. The molecular weight excluding hydrogens is 853 g/mol. The quantitative estimate of drug-likeness (QED) is 0.146. The van der Waals surface area contributed by atoms with E-state index in [0.717, 1.165) is 32.1 Å². The van der Waals surface area contributed by atoms with Crippen LogP contribution in [0.5, 0.6) is 0 Å². The molecule has 0 heterocycles. The molecule has 4 aliphatic rings. The summed E-state index contributed by atoms with van der Waals surface area (Å²) in [7, 11) is 0. The topological polar surface area (TPSA) is 0 Å². The second kappa shape index (κ2) is 16.3. The monoisotopic (exact) mass is 904 g/mol. The predicted molar refractivity (Wildman–Crippen MR) is 299 cm³/mol. The minimum absolute atomic E-state index is 0.0802. The van der Waals surface area contributed by atoms with Crippen LogP contribution in [-0.2, 0) is 19.3 Å². The Morgan fingerprint density at radius 3 is 1.80 bits per heavy atom. The second-order valence-electron chi connectivity index (χ2n) is 20.7. The van der Waals surface area contributed by atoms with Crippen LogP contribution < -0.4 is 0 Å². The number of allylic oxidation sites excluding steroid dienone is 1. The van der Waals surface area contributed by atoms with Gasteiger partial charge in [-0.15, -0.1) is 0 Å². The van der Waals surface area contributed by atoms with Gasteiger partial charge in [-0.3, -0.25) is 0 Å². The number of hydrogen-bond donors (Lipinski definition) is 0. The van der Waals surface area contributed by atoms with E-state index in [4.69, 9.17) is 0 Å². The van der Waals surface area contributed by atoms with Crippen molar-refractivity contribution < 1.29 is 0 Å². The van der Waals surface area contributed by atoms with Crippen LogP contribution >= 0.6 is 0 Å². The fourth-order valence-electron chi connectivity index (χ4n) is 14.1. The maximum Gasteiger partial charge on any atom is 0.0288 e. The summed E-state index contributed by atoms with van der Waals surface area (Å²) < 4.78 is 0. The van der Waals surface area contributed by atoms with Gasteiger partial charge in [-0.05, 0) is 189 Å². The van der Waals surface area contributed by atoms with Gasteiger partial charge in [0.1, 0.15) is 0 Å². The van der Waals surface area contributed by atoms with Gasteiger partial charge in [0.05, 0.1) is 0 Å². The van der Waals surface area contributed by atoms with Gasteiger partial charge >= 0.3 is 0 Å². The van der Waals surface area contributed by atoms with Gasteiger partial charge in [0.2, 0.25) is 0 Å². The predicted octanol–water partition coefficient (Wildman–Crippen LogP) is 18.4. The lowest BCUT2D eigenvalue weighted by Gasteiger charge is -2.37. The highest BCUT2D eigenvalue weighted by atomic mass is 14.5. The SMILES string of the molecule is C1=CC(c2c3c(c(-c4cccc5cc6ccccc6cc45)c(C4CCc5ccccc54)c2C2CCCc4ccccc42)Cc2ccc(-c4ccccc4)c(-c4cccc5ccccc45)c2-3)c2ccccc21. The highest BCUT2D eigenvalue weighted by Crippen LogP contribution is 2.61. The van der Waals surface area contributed by atoms with Crippen molar-refractivity contribution in [2.75, 3.05) is 0 Å². The first-order valence-corrected chi connectivity index (χ1v) is 26.0. The average molecular weight is 905 g/mol. The van der Waals surface area contributed by atoms with Crippen molar-refractivity contribution in [2.45, 2.75) is 56.3 Å². The van der Waals surface area contributed by atoms with Crippen LogP contribution in [0.3, 0.4) is 0 Å². The molecule has 71 heavy (non-hydrogen) atoms. The Morgan fingerprint density at radius 1 is 0.352 bits per heavy atom. The maximum atomic E-state index is 2.57. The molecule has 4 aliphatic carbocycles. The minimum atomic E-state index is 0.0802. The zero-order chi connectivity index (χ0) is 46.6. The lowest BCUT2D eigenvalue weighted by Crippen LogP contribution is -2.20. The molecule has 0 fully saturated rings. The van der Waals surface area contributed by atoms with Crippen molar-refractivity contribution >= 4 is 38.4 Å². The summed E-state index contributed by atoms with van der Waals surface area (Å²) in [6, 6.07) is 81.6. The highest BCUT2D eigenvalue weighted by Gasteiger charge is 2.42. The van der Waals surface area contributed by atoms with Gasteiger partial charge < -0.3 is 0 Å². The third-order valence-electron chi connectivity index (χ3n) is 17.1. The van der Waals surface area contributed by atoms with E-state index in [1.54, 1.807) is 11.1 Å². The molecule has 0 heteroatoms. The molecule has 0 saturated carbocycles. The fourth-order valence-corrected chi connectivity index (χ4v) is 14.1. The Hall–Kier alpha value is -8.06. The standard InChI is InChI=1S/C71H52/c1-2-17-46(18-3-1)57-38-37-52-43-64-67(60-34-16-27-51-41-49-23-4-5-24-50(49)42-63(51)60)68(61-39-35-47-21-8-12-30-55(47)61)69(59-33-15-26-45-20-7-11-29-54(45)59)70(62-40-36-48-22-9-13-31-56(48)62)71(64)65(52)66(57)58-32-14-25-44-19-6-10-28-53(44)58/h1-14,16-25,27-32,34,36-38,40-42,59,61-62H,15,26,33,35,39,43H2. The van der Waals surface area contributed by atoms with Crippen LogP contribution in [0.15, 0.2) is 218 Å². The Labute approximate surface area is 416 Å².